The quantitative estimate of drug-likeness (QED) is 0.292. The molecule has 0 heterocycles. The summed E-state index contributed by atoms with van der Waals surface area (Å²) in [5, 5.41) is 15.0. The molecule has 1 N–H and O–H groups in total. The molecule has 0 saturated heterocycles. The monoisotopic (exact) mass is 513 g/mol. The summed E-state index contributed by atoms with van der Waals surface area (Å²) in [6, 6.07) is 15.6. The van der Waals surface area contributed by atoms with Crippen LogP contribution in [-0.4, -0.2) is 29.6 Å². The topological polar surface area (TPSA) is 23.5 Å². The van der Waals surface area contributed by atoms with Gasteiger partial charge in [-0.2, -0.15) is 0 Å². The van der Waals surface area contributed by atoms with Crippen LogP contribution in [-0.2, 0) is 0 Å². The Kier molecular flexibility index (Phi) is 11.1. The summed E-state index contributed by atoms with van der Waals surface area (Å²) in [6.07, 6.45) is 3.96. The van der Waals surface area contributed by atoms with E-state index in [1.807, 2.05) is 30.3 Å². The molecule has 2 nitrogen and oxygen atoms in total. The van der Waals surface area contributed by atoms with E-state index in [1.54, 1.807) is 6.07 Å². The van der Waals surface area contributed by atoms with Crippen molar-refractivity contribution < 1.29 is 5.11 Å². The highest BCUT2D eigenvalue weighted by Crippen LogP contribution is 2.35. The fourth-order valence-corrected chi connectivity index (χ4v) is 4.37. The standard InChI is InChI=1S/C26H30Cl3NO.ClH/c1-3-5-11-30(12-6-4-2)17-26(31)23-15-19(18-7-10-24(28)25(29)16-18)13-20-14-21(27)8-9-22(20)23;/h7-10,13-16,26,31H,3-6,11-12,17H2,1-2H3;1H. The van der Waals surface area contributed by atoms with Gasteiger partial charge in [-0.05, 0) is 89.8 Å². The molecule has 0 radical (unpaired) electrons. The van der Waals surface area contributed by atoms with Gasteiger partial charge in [-0.15, -0.1) is 12.4 Å². The maximum atomic E-state index is 11.3. The van der Waals surface area contributed by atoms with Crippen LogP contribution in [0.2, 0.25) is 15.1 Å². The molecule has 174 valence electrons. The molecule has 0 aliphatic rings. The van der Waals surface area contributed by atoms with E-state index in [1.165, 1.54) is 0 Å². The van der Waals surface area contributed by atoms with Gasteiger partial charge >= 0.3 is 0 Å². The molecule has 0 spiro atoms. The molecule has 0 saturated carbocycles. The third kappa shape index (κ3) is 7.00. The molecule has 6 heteroatoms. The Morgan fingerprint density at radius 1 is 0.812 bits per heavy atom. The lowest BCUT2D eigenvalue weighted by Gasteiger charge is -2.26. The SMILES string of the molecule is CCCCN(CCCC)CC(O)c1cc(-c2ccc(Cl)c(Cl)c2)cc2cc(Cl)ccc12.Cl. The van der Waals surface area contributed by atoms with Gasteiger partial charge in [0.05, 0.1) is 16.1 Å². The normalized spacial score (nSPS) is 12.2. The van der Waals surface area contributed by atoms with Crippen LogP contribution in [0.5, 0.6) is 0 Å². The fraction of sp³-hybridized carbons (Fsp3) is 0.385. The van der Waals surface area contributed by atoms with Gasteiger partial charge < -0.3 is 10.0 Å². The van der Waals surface area contributed by atoms with Crippen molar-refractivity contribution in [1.29, 1.82) is 0 Å². The Bertz CT molecular complexity index is 1020. The van der Waals surface area contributed by atoms with Crippen molar-refractivity contribution in [3.05, 3.63) is 69.2 Å². The van der Waals surface area contributed by atoms with Crippen LogP contribution < -0.4 is 0 Å². The summed E-state index contributed by atoms with van der Waals surface area (Å²) in [6.45, 7) is 7.02. The van der Waals surface area contributed by atoms with E-state index in [9.17, 15) is 5.11 Å². The average molecular weight is 515 g/mol. The predicted octanol–water partition coefficient (Wildman–Crippen LogP) is 8.82. The van der Waals surface area contributed by atoms with Crippen LogP contribution in [0.15, 0.2) is 48.5 Å². The summed E-state index contributed by atoms with van der Waals surface area (Å²) in [7, 11) is 0. The average Bonchev–Trinajstić information content (AvgIpc) is 2.76. The Balaban J connectivity index is 0.00000363. The van der Waals surface area contributed by atoms with Gasteiger partial charge in [0, 0.05) is 11.6 Å². The molecule has 0 bridgehead atoms. The summed E-state index contributed by atoms with van der Waals surface area (Å²) < 4.78 is 0. The Morgan fingerprint density at radius 3 is 2.12 bits per heavy atom. The van der Waals surface area contributed by atoms with Crippen LogP contribution in [0.1, 0.15) is 51.2 Å². The summed E-state index contributed by atoms with van der Waals surface area (Å²) in [5.74, 6) is 0. The first kappa shape index (κ1) is 27.2. The third-order valence-corrected chi connectivity index (χ3v) is 6.62. The molecule has 3 rings (SSSR count). The summed E-state index contributed by atoms with van der Waals surface area (Å²) >= 11 is 18.7. The van der Waals surface area contributed by atoms with Crippen molar-refractivity contribution >= 4 is 58.0 Å². The molecular weight excluding hydrogens is 484 g/mol. The number of aliphatic hydroxyl groups excluding tert-OH is 1. The highest BCUT2D eigenvalue weighted by atomic mass is 35.5. The van der Waals surface area contributed by atoms with E-state index in [4.69, 9.17) is 34.8 Å². The number of halogens is 4. The second kappa shape index (κ2) is 13.0. The van der Waals surface area contributed by atoms with Gasteiger partial charge in [-0.1, -0.05) is 73.6 Å². The first-order valence-electron chi connectivity index (χ1n) is 11.0. The largest absolute Gasteiger partial charge is 0.387 e. The minimum absolute atomic E-state index is 0. The van der Waals surface area contributed by atoms with Crippen LogP contribution >= 0.6 is 47.2 Å². The molecule has 0 amide bonds. The number of hydrogen-bond donors (Lipinski definition) is 1. The molecular formula is C26H31Cl4NO. The number of unbranched alkanes of at least 4 members (excludes halogenated alkanes) is 2. The third-order valence-electron chi connectivity index (χ3n) is 5.65. The van der Waals surface area contributed by atoms with Crippen molar-refractivity contribution in [2.75, 3.05) is 19.6 Å². The highest BCUT2D eigenvalue weighted by Gasteiger charge is 2.18. The second-order valence-electron chi connectivity index (χ2n) is 8.08. The van der Waals surface area contributed by atoms with Crippen LogP contribution in [0, 0.1) is 0 Å². The van der Waals surface area contributed by atoms with Gasteiger partial charge in [0.1, 0.15) is 0 Å². The van der Waals surface area contributed by atoms with Crippen LogP contribution in [0.25, 0.3) is 21.9 Å². The highest BCUT2D eigenvalue weighted by molar-refractivity contribution is 6.42. The number of aliphatic hydroxyl groups is 1. The molecule has 0 aliphatic carbocycles. The summed E-state index contributed by atoms with van der Waals surface area (Å²) in [5.41, 5.74) is 2.85. The lowest BCUT2D eigenvalue weighted by atomic mass is 9.94. The van der Waals surface area contributed by atoms with Gasteiger partial charge in [0.25, 0.3) is 0 Å². The molecule has 0 aliphatic heterocycles. The van der Waals surface area contributed by atoms with Crippen molar-refractivity contribution in [3.63, 3.8) is 0 Å². The minimum Gasteiger partial charge on any atom is -0.387 e. The minimum atomic E-state index is -0.597. The van der Waals surface area contributed by atoms with Crippen molar-refractivity contribution in [1.82, 2.24) is 4.90 Å². The van der Waals surface area contributed by atoms with E-state index < -0.39 is 6.10 Å². The Labute approximate surface area is 212 Å². The van der Waals surface area contributed by atoms with E-state index in [0.717, 1.165) is 66.2 Å². The first-order chi connectivity index (χ1) is 14.9. The molecule has 0 fully saturated rings. The lowest BCUT2D eigenvalue weighted by Crippen LogP contribution is -2.30. The molecule has 32 heavy (non-hydrogen) atoms. The van der Waals surface area contributed by atoms with E-state index in [2.05, 4.69) is 30.9 Å². The zero-order valence-electron chi connectivity index (χ0n) is 18.6. The first-order valence-corrected chi connectivity index (χ1v) is 12.1. The van der Waals surface area contributed by atoms with Crippen molar-refractivity contribution in [2.45, 2.75) is 45.6 Å². The zero-order chi connectivity index (χ0) is 22.4. The number of fused-ring (bicyclic) bond motifs is 1. The number of hydrogen-bond acceptors (Lipinski definition) is 2. The Hall–Kier alpha value is -1.00. The number of nitrogens with zero attached hydrogens (tertiary/aromatic N) is 1. The Morgan fingerprint density at radius 2 is 1.50 bits per heavy atom. The van der Waals surface area contributed by atoms with Crippen molar-refractivity contribution in [3.8, 4) is 11.1 Å². The fourth-order valence-electron chi connectivity index (χ4n) is 3.89. The van der Waals surface area contributed by atoms with Gasteiger partial charge in [-0.25, -0.2) is 0 Å². The van der Waals surface area contributed by atoms with Crippen LogP contribution in [0.3, 0.4) is 0 Å². The van der Waals surface area contributed by atoms with Gasteiger partial charge in [0.2, 0.25) is 0 Å². The van der Waals surface area contributed by atoms with Gasteiger partial charge in [0.15, 0.2) is 0 Å². The van der Waals surface area contributed by atoms with Gasteiger partial charge in [-0.3, -0.25) is 0 Å². The molecule has 3 aromatic rings. The molecule has 0 aromatic heterocycles. The summed E-state index contributed by atoms with van der Waals surface area (Å²) in [4.78, 5) is 2.38. The number of rotatable bonds is 10. The maximum Gasteiger partial charge on any atom is 0.0923 e. The van der Waals surface area contributed by atoms with E-state index >= 15 is 0 Å². The zero-order valence-corrected chi connectivity index (χ0v) is 21.7. The molecule has 3 aromatic carbocycles. The van der Waals surface area contributed by atoms with Crippen LogP contribution in [0.4, 0.5) is 0 Å². The molecule has 1 unspecified atom stereocenters. The molecule has 1 atom stereocenters. The second-order valence-corrected chi connectivity index (χ2v) is 9.33. The maximum absolute atomic E-state index is 11.3. The smallest absolute Gasteiger partial charge is 0.0923 e. The van der Waals surface area contributed by atoms with E-state index in [0.29, 0.717) is 21.6 Å². The van der Waals surface area contributed by atoms with E-state index in [-0.39, 0.29) is 12.4 Å². The predicted molar refractivity (Wildman–Crippen MR) is 143 cm³/mol. The lowest BCUT2D eigenvalue weighted by molar-refractivity contribution is 0.112. The number of benzene rings is 3. The van der Waals surface area contributed by atoms with Crippen molar-refractivity contribution in [2.24, 2.45) is 0 Å².